The van der Waals surface area contributed by atoms with E-state index in [2.05, 4.69) is 19.1 Å². The van der Waals surface area contributed by atoms with Crippen molar-refractivity contribution < 1.29 is 14.6 Å². The number of rotatable bonds is 6. The summed E-state index contributed by atoms with van der Waals surface area (Å²) in [5, 5.41) is 17.0. The van der Waals surface area contributed by atoms with E-state index in [0.29, 0.717) is 37.4 Å². The summed E-state index contributed by atoms with van der Waals surface area (Å²) in [7, 11) is 0. The van der Waals surface area contributed by atoms with E-state index in [-0.39, 0.29) is 11.3 Å². The van der Waals surface area contributed by atoms with Gasteiger partial charge in [0, 0.05) is 17.9 Å². The average Bonchev–Trinajstić information content (AvgIpc) is 3.39. The fourth-order valence-electron chi connectivity index (χ4n) is 9.59. The molecule has 0 amide bonds. The van der Waals surface area contributed by atoms with E-state index in [1.54, 1.807) is 0 Å². The van der Waals surface area contributed by atoms with Crippen molar-refractivity contribution in [3.05, 3.63) is 30.0 Å². The van der Waals surface area contributed by atoms with E-state index in [0.717, 1.165) is 60.0 Å². The Labute approximate surface area is 216 Å². The van der Waals surface area contributed by atoms with Crippen LogP contribution in [0.3, 0.4) is 0 Å². The minimum atomic E-state index is -0.618. The molecule has 5 nitrogen and oxygen atoms in total. The molecule has 5 heteroatoms. The first-order valence-corrected chi connectivity index (χ1v) is 14.6. The number of carbonyl (C=O) groups excluding carboxylic acids is 1. The van der Waals surface area contributed by atoms with E-state index in [1.165, 1.54) is 32.1 Å². The van der Waals surface area contributed by atoms with Crippen molar-refractivity contribution in [3.8, 4) is 0 Å². The SMILES string of the molecule is CCOC[C@@]1(O)CC[C@H]2[C@H](CC[C@@H]3[C@@H]2CC[C@]2(C)[C@@H](C(=O)Cn4nc(C)c5ccccc54)CC[C@@H]32)C1. The number of para-hydroxylation sites is 1. The largest absolute Gasteiger partial charge is 0.387 e. The van der Waals surface area contributed by atoms with Gasteiger partial charge in [0.2, 0.25) is 0 Å². The lowest BCUT2D eigenvalue weighted by atomic mass is 9.49. The van der Waals surface area contributed by atoms with Crippen LogP contribution in [-0.2, 0) is 16.1 Å². The molecule has 0 bridgehead atoms. The average molecular weight is 493 g/mol. The number of ketones is 1. The molecule has 0 radical (unpaired) electrons. The second-order valence-electron chi connectivity index (χ2n) is 12.9. The lowest BCUT2D eigenvalue weighted by molar-refractivity contribution is -0.138. The van der Waals surface area contributed by atoms with Gasteiger partial charge < -0.3 is 9.84 Å². The third-order valence-electron chi connectivity index (χ3n) is 11.2. The van der Waals surface area contributed by atoms with Gasteiger partial charge in [-0.05, 0) is 113 Å². The summed E-state index contributed by atoms with van der Waals surface area (Å²) in [6.07, 6.45) is 10.2. The second-order valence-corrected chi connectivity index (χ2v) is 12.9. The first-order valence-electron chi connectivity index (χ1n) is 14.6. The molecule has 1 heterocycles. The number of aliphatic hydroxyl groups is 1. The number of benzene rings is 1. The Kier molecular flexibility index (Phi) is 6.31. The summed E-state index contributed by atoms with van der Waals surface area (Å²) in [4.78, 5) is 13.8. The summed E-state index contributed by atoms with van der Waals surface area (Å²) >= 11 is 0. The Morgan fingerprint density at radius 1 is 1.08 bits per heavy atom. The normalized spacial score (nSPS) is 40.0. The molecule has 0 unspecified atom stereocenters. The van der Waals surface area contributed by atoms with Crippen molar-refractivity contribution in [1.82, 2.24) is 9.78 Å². The zero-order chi connectivity index (χ0) is 25.1. The molecule has 4 aliphatic rings. The molecule has 4 fully saturated rings. The maximum Gasteiger partial charge on any atom is 0.157 e. The molecule has 1 aromatic carbocycles. The van der Waals surface area contributed by atoms with Crippen LogP contribution in [0.5, 0.6) is 0 Å². The van der Waals surface area contributed by atoms with Gasteiger partial charge in [-0.25, -0.2) is 0 Å². The van der Waals surface area contributed by atoms with Crippen molar-refractivity contribution >= 4 is 16.7 Å². The van der Waals surface area contributed by atoms with Gasteiger partial charge in [-0.3, -0.25) is 9.48 Å². The van der Waals surface area contributed by atoms with Crippen LogP contribution >= 0.6 is 0 Å². The van der Waals surface area contributed by atoms with Gasteiger partial charge in [0.15, 0.2) is 5.78 Å². The van der Waals surface area contributed by atoms with Crippen LogP contribution in [0.25, 0.3) is 10.9 Å². The van der Waals surface area contributed by atoms with Crippen LogP contribution < -0.4 is 0 Å². The highest BCUT2D eigenvalue weighted by molar-refractivity contribution is 5.86. The van der Waals surface area contributed by atoms with Crippen molar-refractivity contribution in [2.45, 2.75) is 90.7 Å². The highest BCUT2D eigenvalue weighted by Gasteiger charge is 2.59. The molecule has 1 N–H and O–H groups in total. The molecule has 0 spiro atoms. The summed E-state index contributed by atoms with van der Waals surface area (Å²) in [6.45, 7) is 8.07. The molecule has 36 heavy (non-hydrogen) atoms. The van der Waals surface area contributed by atoms with Crippen molar-refractivity contribution in [3.63, 3.8) is 0 Å². The fraction of sp³-hybridized carbons (Fsp3) is 0.742. The van der Waals surface area contributed by atoms with Gasteiger partial charge in [-0.1, -0.05) is 25.1 Å². The van der Waals surface area contributed by atoms with Gasteiger partial charge >= 0.3 is 0 Å². The number of Topliss-reactive ketones (excluding diaryl/α,β-unsaturated/α-hetero) is 1. The van der Waals surface area contributed by atoms with Crippen molar-refractivity contribution in [2.75, 3.05) is 13.2 Å². The number of ether oxygens (including phenoxy) is 1. The van der Waals surface area contributed by atoms with Gasteiger partial charge in [-0.2, -0.15) is 5.10 Å². The number of nitrogens with zero attached hydrogens (tertiary/aromatic N) is 2. The number of fused-ring (bicyclic) bond motifs is 6. The topological polar surface area (TPSA) is 64.3 Å². The quantitative estimate of drug-likeness (QED) is 0.541. The minimum absolute atomic E-state index is 0.132. The van der Waals surface area contributed by atoms with Crippen LogP contribution in [-0.4, -0.2) is 39.5 Å². The Morgan fingerprint density at radius 2 is 1.89 bits per heavy atom. The minimum Gasteiger partial charge on any atom is -0.387 e. The number of hydrogen-bond donors (Lipinski definition) is 1. The lowest BCUT2D eigenvalue weighted by Gasteiger charge is -2.57. The molecule has 196 valence electrons. The van der Waals surface area contributed by atoms with Gasteiger partial charge in [-0.15, -0.1) is 0 Å². The smallest absolute Gasteiger partial charge is 0.157 e. The molecule has 8 atom stereocenters. The summed E-state index contributed by atoms with van der Waals surface area (Å²) in [5.74, 6) is 4.16. The molecule has 1 aromatic heterocycles. The molecule has 2 aromatic rings. The summed E-state index contributed by atoms with van der Waals surface area (Å²) in [5.41, 5.74) is 1.60. The Morgan fingerprint density at radius 3 is 2.72 bits per heavy atom. The highest BCUT2D eigenvalue weighted by atomic mass is 16.5. The number of carbonyl (C=O) groups is 1. The standard InChI is InChI=1S/C31H44N2O3/c1-4-36-19-31(35)16-14-23-21(17-31)9-10-25-24(23)13-15-30(3)26(25)11-12-27(30)29(34)18-33-28-8-6-5-7-22(28)20(2)32-33/h5-8,21,23-27,35H,4,9-19H2,1-3H3/t21-,23+,24-,25-,26+,27-,30+,31-/m1/s1. The Balaban J connectivity index is 1.16. The zero-order valence-corrected chi connectivity index (χ0v) is 22.4. The third kappa shape index (κ3) is 3.96. The van der Waals surface area contributed by atoms with E-state index in [4.69, 9.17) is 9.84 Å². The summed E-state index contributed by atoms with van der Waals surface area (Å²) in [6, 6.07) is 8.28. The molecular formula is C31H44N2O3. The monoisotopic (exact) mass is 492 g/mol. The van der Waals surface area contributed by atoms with Crippen molar-refractivity contribution in [1.29, 1.82) is 0 Å². The van der Waals surface area contributed by atoms with Crippen LogP contribution in [0.4, 0.5) is 0 Å². The van der Waals surface area contributed by atoms with Crippen LogP contribution in [0.15, 0.2) is 24.3 Å². The predicted molar refractivity (Wildman–Crippen MR) is 142 cm³/mol. The first kappa shape index (κ1) is 24.6. The number of aryl methyl sites for hydroxylation is 1. The highest BCUT2D eigenvalue weighted by Crippen LogP contribution is 2.64. The number of aromatic nitrogens is 2. The fourth-order valence-corrected chi connectivity index (χ4v) is 9.59. The molecule has 0 aliphatic heterocycles. The van der Waals surface area contributed by atoms with E-state index in [9.17, 15) is 9.90 Å². The molecule has 0 saturated heterocycles. The predicted octanol–water partition coefficient (Wildman–Crippen LogP) is 5.95. The van der Waals surface area contributed by atoms with Gasteiger partial charge in [0.25, 0.3) is 0 Å². The van der Waals surface area contributed by atoms with Crippen LogP contribution in [0.1, 0.15) is 77.3 Å². The maximum absolute atomic E-state index is 13.8. The lowest BCUT2D eigenvalue weighted by Crippen LogP contribution is -2.52. The molecule has 4 saturated carbocycles. The van der Waals surface area contributed by atoms with Gasteiger partial charge in [0.1, 0.15) is 6.54 Å². The Hall–Kier alpha value is -1.72. The van der Waals surface area contributed by atoms with E-state index < -0.39 is 5.60 Å². The van der Waals surface area contributed by atoms with Crippen LogP contribution in [0, 0.1) is 47.8 Å². The first-order chi connectivity index (χ1) is 17.3. The zero-order valence-electron chi connectivity index (χ0n) is 22.4. The molecule has 4 aliphatic carbocycles. The molecule has 6 rings (SSSR count). The van der Waals surface area contributed by atoms with Crippen molar-refractivity contribution in [2.24, 2.45) is 40.9 Å². The maximum atomic E-state index is 13.8. The van der Waals surface area contributed by atoms with Crippen LogP contribution in [0.2, 0.25) is 0 Å². The Bertz CT molecular complexity index is 1130. The van der Waals surface area contributed by atoms with Gasteiger partial charge in [0.05, 0.1) is 23.4 Å². The number of hydrogen-bond acceptors (Lipinski definition) is 4. The van der Waals surface area contributed by atoms with E-state index in [1.807, 2.05) is 30.7 Å². The molecular weight excluding hydrogens is 448 g/mol. The third-order valence-corrected chi connectivity index (χ3v) is 11.2. The summed E-state index contributed by atoms with van der Waals surface area (Å²) < 4.78 is 7.60. The van der Waals surface area contributed by atoms with E-state index >= 15 is 0 Å². The second kappa shape index (κ2) is 9.23.